The number of fused-ring (bicyclic) bond motifs is 1. The van der Waals surface area contributed by atoms with Gasteiger partial charge in [-0.25, -0.2) is 4.98 Å². The van der Waals surface area contributed by atoms with Crippen LogP contribution in [0.25, 0.3) is 22.3 Å². The predicted molar refractivity (Wildman–Crippen MR) is 111 cm³/mol. The van der Waals surface area contributed by atoms with E-state index >= 15 is 0 Å². The third-order valence-corrected chi connectivity index (χ3v) is 5.04. The van der Waals surface area contributed by atoms with E-state index in [1.165, 1.54) is 16.7 Å². The number of hydrogen-bond acceptors (Lipinski definition) is 4. The number of hydrogen-bond donors (Lipinski definition) is 1. The second-order valence-corrected chi connectivity index (χ2v) is 7.22. The minimum absolute atomic E-state index is 0.0957. The minimum atomic E-state index is -4.81. The fourth-order valence-corrected chi connectivity index (χ4v) is 3.66. The number of rotatable bonds is 4. The van der Waals surface area contributed by atoms with Crippen LogP contribution in [0.5, 0.6) is 5.75 Å². The zero-order valence-corrected chi connectivity index (χ0v) is 16.5. The highest BCUT2D eigenvalue weighted by Gasteiger charge is 2.36. The number of phenolic OH excluding ortho intramolecular Hbond substituents is 1. The summed E-state index contributed by atoms with van der Waals surface area (Å²) in [5, 5.41) is 9.77. The number of alkyl halides is 3. The summed E-state index contributed by atoms with van der Waals surface area (Å²) in [5.74, 6) is -0.0298. The van der Waals surface area contributed by atoms with Crippen LogP contribution in [-0.4, -0.2) is 19.6 Å². The molecule has 0 bridgehead atoms. The van der Waals surface area contributed by atoms with Crippen molar-refractivity contribution < 1.29 is 18.3 Å². The van der Waals surface area contributed by atoms with Crippen LogP contribution in [-0.2, 0) is 12.6 Å². The largest absolute Gasteiger partial charge is 0.507 e. The van der Waals surface area contributed by atoms with Gasteiger partial charge >= 0.3 is 6.18 Å². The van der Waals surface area contributed by atoms with E-state index in [-0.39, 0.29) is 22.7 Å². The van der Waals surface area contributed by atoms with Gasteiger partial charge in [-0.1, -0.05) is 42.5 Å². The highest BCUT2D eigenvalue weighted by atomic mass is 19.4. The Hall–Kier alpha value is -3.68. The number of benzene rings is 2. The predicted octanol–water partition coefficient (Wildman–Crippen LogP) is 4.99. The van der Waals surface area contributed by atoms with Crippen molar-refractivity contribution in [2.24, 2.45) is 0 Å². The van der Waals surface area contributed by atoms with Gasteiger partial charge in [0.1, 0.15) is 11.6 Å². The van der Waals surface area contributed by atoms with Crippen LogP contribution >= 0.6 is 0 Å². The molecule has 158 valence electrons. The van der Waals surface area contributed by atoms with Crippen molar-refractivity contribution in [2.45, 2.75) is 25.6 Å². The fraction of sp³-hybridized carbons (Fsp3) is 0.174. The summed E-state index contributed by atoms with van der Waals surface area (Å²) in [5.41, 5.74) is -1.09. The Morgan fingerprint density at radius 2 is 1.71 bits per heavy atom. The van der Waals surface area contributed by atoms with Gasteiger partial charge in [0.2, 0.25) is 0 Å². The fourth-order valence-electron chi connectivity index (χ4n) is 3.66. The molecule has 0 spiro atoms. The SMILES string of the molecule is C[C@@H](Cc1ccccc1)n1c(-c2ccccc2O)nc2ccnc(C(F)(F)F)c2c1=O. The Morgan fingerprint density at radius 3 is 2.39 bits per heavy atom. The summed E-state index contributed by atoms with van der Waals surface area (Å²) in [4.78, 5) is 21.2. The Balaban J connectivity index is 2.03. The van der Waals surface area contributed by atoms with Crippen LogP contribution < -0.4 is 5.56 Å². The van der Waals surface area contributed by atoms with Gasteiger partial charge in [0.25, 0.3) is 5.56 Å². The van der Waals surface area contributed by atoms with Crippen LogP contribution in [0, 0.1) is 0 Å². The summed E-state index contributed by atoms with van der Waals surface area (Å²) in [6.07, 6.45) is -3.45. The van der Waals surface area contributed by atoms with E-state index in [9.17, 15) is 23.1 Å². The van der Waals surface area contributed by atoms with Crippen molar-refractivity contribution in [1.82, 2.24) is 14.5 Å². The first-order valence-electron chi connectivity index (χ1n) is 9.58. The van der Waals surface area contributed by atoms with E-state index in [0.717, 1.165) is 11.8 Å². The number of pyridine rings is 1. The average molecular weight is 425 g/mol. The van der Waals surface area contributed by atoms with Crippen molar-refractivity contribution in [3.05, 3.63) is 88.5 Å². The molecule has 0 saturated carbocycles. The van der Waals surface area contributed by atoms with Crippen molar-refractivity contribution in [2.75, 3.05) is 0 Å². The van der Waals surface area contributed by atoms with Crippen molar-refractivity contribution in [3.8, 4) is 17.1 Å². The summed E-state index contributed by atoms with van der Waals surface area (Å²) in [7, 11) is 0. The van der Waals surface area contributed by atoms with E-state index in [0.29, 0.717) is 6.42 Å². The van der Waals surface area contributed by atoms with E-state index in [1.54, 1.807) is 25.1 Å². The normalized spacial score (nSPS) is 12.8. The molecular weight excluding hydrogens is 407 g/mol. The summed E-state index contributed by atoms with van der Waals surface area (Å²) < 4.78 is 42.0. The first-order valence-corrected chi connectivity index (χ1v) is 9.58. The number of aromatic hydroxyl groups is 1. The molecule has 4 aromatic rings. The lowest BCUT2D eigenvalue weighted by Gasteiger charge is -2.21. The molecule has 2 aromatic carbocycles. The highest BCUT2D eigenvalue weighted by molar-refractivity contribution is 5.82. The Morgan fingerprint density at radius 1 is 1.03 bits per heavy atom. The smallest absolute Gasteiger partial charge is 0.434 e. The minimum Gasteiger partial charge on any atom is -0.507 e. The van der Waals surface area contributed by atoms with Gasteiger partial charge in [0.15, 0.2) is 5.69 Å². The number of aromatic nitrogens is 3. The third-order valence-electron chi connectivity index (χ3n) is 5.04. The lowest BCUT2D eigenvalue weighted by Crippen LogP contribution is -2.29. The van der Waals surface area contributed by atoms with Crippen LogP contribution in [0.1, 0.15) is 24.2 Å². The zero-order valence-electron chi connectivity index (χ0n) is 16.5. The van der Waals surface area contributed by atoms with E-state index < -0.39 is 28.9 Å². The topological polar surface area (TPSA) is 68.0 Å². The van der Waals surface area contributed by atoms with Crippen LogP contribution in [0.2, 0.25) is 0 Å². The monoisotopic (exact) mass is 425 g/mol. The van der Waals surface area contributed by atoms with Crippen molar-refractivity contribution in [3.63, 3.8) is 0 Å². The molecule has 0 saturated heterocycles. The molecule has 2 aromatic heterocycles. The number of halogens is 3. The Bertz CT molecular complexity index is 1300. The highest BCUT2D eigenvalue weighted by Crippen LogP contribution is 2.34. The van der Waals surface area contributed by atoms with Gasteiger partial charge in [0.05, 0.1) is 16.5 Å². The second kappa shape index (κ2) is 7.86. The molecule has 0 amide bonds. The number of phenols is 1. The number of para-hydroxylation sites is 1. The maximum atomic E-state index is 13.6. The Labute approximate surface area is 175 Å². The van der Waals surface area contributed by atoms with Crippen molar-refractivity contribution >= 4 is 10.9 Å². The average Bonchev–Trinajstić information content (AvgIpc) is 2.73. The summed E-state index contributed by atoms with van der Waals surface area (Å²) in [6, 6.07) is 16.3. The van der Waals surface area contributed by atoms with E-state index in [1.807, 2.05) is 30.3 Å². The molecule has 0 aliphatic rings. The zero-order chi connectivity index (χ0) is 22.2. The van der Waals surface area contributed by atoms with Crippen LogP contribution in [0.3, 0.4) is 0 Å². The molecule has 0 aliphatic heterocycles. The van der Waals surface area contributed by atoms with E-state index in [2.05, 4.69) is 9.97 Å². The van der Waals surface area contributed by atoms with Crippen molar-refractivity contribution in [1.29, 1.82) is 0 Å². The van der Waals surface area contributed by atoms with Crippen LogP contribution in [0.15, 0.2) is 71.7 Å². The maximum absolute atomic E-state index is 13.6. The van der Waals surface area contributed by atoms with E-state index in [4.69, 9.17) is 0 Å². The first kappa shape index (κ1) is 20.6. The Kier molecular flexibility index (Phi) is 5.22. The standard InChI is InChI=1S/C23H18F3N3O2/c1-14(13-15-7-3-2-4-8-15)29-21(16-9-5-6-10-18(16)30)28-17-11-12-27-20(23(24,25)26)19(17)22(29)31/h2-12,14,30H,13H2,1H3/t14-/m0/s1. The second-order valence-electron chi connectivity index (χ2n) is 7.22. The van der Waals surface area contributed by atoms with Gasteiger partial charge in [-0.3, -0.25) is 14.3 Å². The van der Waals surface area contributed by atoms with Gasteiger partial charge in [-0.2, -0.15) is 13.2 Å². The molecule has 2 heterocycles. The maximum Gasteiger partial charge on any atom is 0.434 e. The molecule has 31 heavy (non-hydrogen) atoms. The van der Waals surface area contributed by atoms with Crippen LogP contribution in [0.4, 0.5) is 13.2 Å². The lowest BCUT2D eigenvalue weighted by atomic mass is 10.1. The lowest BCUT2D eigenvalue weighted by molar-refractivity contribution is -0.139. The quantitative estimate of drug-likeness (QED) is 0.500. The first-order chi connectivity index (χ1) is 14.8. The molecule has 0 radical (unpaired) electrons. The molecular formula is C23H18F3N3O2. The molecule has 0 aliphatic carbocycles. The third kappa shape index (κ3) is 3.88. The van der Waals surface area contributed by atoms with Gasteiger partial charge in [-0.05, 0) is 37.1 Å². The van der Waals surface area contributed by atoms with Gasteiger partial charge in [0, 0.05) is 12.2 Å². The molecule has 1 N–H and O–H groups in total. The molecule has 0 unspecified atom stereocenters. The molecule has 1 atom stereocenters. The van der Waals surface area contributed by atoms with Gasteiger partial charge < -0.3 is 5.11 Å². The molecule has 5 nitrogen and oxygen atoms in total. The molecule has 4 rings (SSSR count). The number of nitrogens with zero attached hydrogens (tertiary/aromatic N) is 3. The molecule has 8 heteroatoms. The summed E-state index contributed by atoms with van der Waals surface area (Å²) >= 11 is 0. The molecule has 0 fully saturated rings. The van der Waals surface area contributed by atoms with Gasteiger partial charge in [-0.15, -0.1) is 0 Å². The summed E-state index contributed by atoms with van der Waals surface area (Å²) in [6.45, 7) is 1.73.